The van der Waals surface area contributed by atoms with E-state index in [2.05, 4.69) is 27.2 Å². The molecule has 0 bridgehead atoms. The van der Waals surface area contributed by atoms with E-state index in [1.54, 1.807) is 13.2 Å². The molecule has 8 heteroatoms. The third-order valence-electron chi connectivity index (χ3n) is 2.86. The minimum absolute atomic E-state index is 0.0879. The summed E-state index contributed by atoms with van der Waals surface area (Å²) in [6.45, 7) is 2.89. The van der Waals surface area contributed by atoms with Crippen molar-refractivity contribution in [1.29, 1.82) is 0 Å². The van der Waals surface area contributed by atoms with Gasteiger partial charge in [0.15, 0.2) is 0 Å². The summed E-state index contributed by atoms with van der Waals surface area (Å²) in [4.78, 5) is 22.9. The highest BCUT2D eigenvalue weighted by molar-refractivity contribution is 5.39. The topological polar surface area (TPSA) is 98.8 Å². The third-order valence-corrected chi connectivity index (χ3v) is 2.86. The van der Waals surface area contributed by atoms with Crippen LogP contribution in [0.15, 0.2) is 18.6 Å². The zero-order valence-corrected chi connectivity index (χ0v) is 11.4. The van der Waals surface area contributed by atoms with Crippen LogP contribution in [0.2, 0.25) is 0 Å². The van der Waals surface area contributed by atoms with Gasteiger partial charge in [-0.3, -0.25) is 10.1 Å². The molecule has 0 aliphatic carbocycles. The number of aryl methyl sites for hydroxylation is 1. The van der Waals surface area contributed by atoms with E-state index in [0.29, 0.717) is 18.1 Å². The van der Waals surface area contributed by atoms with Gasteiger partial charge in [-0.05, 0) is 6.42 Å². The zero-order chi connectivity index (χ0) is 14.5. The SMILES string of the molecule is CCCn1ccnc1Cc1nc(NC)ncc1[N+](=O)[O-]. The quantitative estimate of drug-likeness (QED) is 0.636. The van der Waals surface area contributed by atoms with Crippen molar-refractivity contribution in [2.24, 2.45) is 0 Å². The normalized spacial score (nSPS) is 10.5. The molecule has 20 heavy (non-hydrogen) atoms. The van der Waals surface area contributed by atoms with Gasteiger partial charge in [-0.15, -0.1) is 0 Å². The number of hydrogen-bond donors (Lipinski definition) is 1. The smallest absolute Gasteiger partial charge is 0.309 e. The number of aromatic nitrogens is 4. The van der Waals surface area contributed by atoms with Gasteiger partial charge in [0.05, 0.1) is 11.3 Å². The van der Waals surface area contributed by atoms with Crippen LogP contribution in [-0.4, -0.2) is 31.5 Å². The summed E-state index contributed by atoms with van der Waals surface area (Å²) in [5, 5.41) is 13.8. The Bertz CT molecular complexity index is 610. The molecule has 0 radical (unpaired) electrons. The molecule has 8 nitrogen and oxygen atoms in total. The Kier molecular flexibility index (Phi) is 4.24. The summed E-state index contributed by atoms with van der Waals surface area (Å²) in [6.07, 6.45) is 6.06. The highest BCUT2D eigenvalue weighted by Gasteiger charge is 2.19. The highest BCUT2D eigenvalue weighted by atomic mass is 16.6. The van der Waals surface area contributed by atoms with Crippen molar-refractivity contribution in [3.05, 3.63) is 40.2 Å². The summed E-state index contributed by atoms with van der Waals surface area (Å²) in [5.74, 6) is 1.12. The van der Waals surface area contributed by atoms with Crippen molar-refractivity contribution in [2.45, 2.75) is 26.3 Å². The number of nitro groups is 1. The van der Waals surface area contributed by atoms with E-state index >= 15 is 0 Å². The van der Waals surface area contributed by atoms with Crippen molar-refractivity contribution >= 4 is 11.6 Å². The molecular weight excluding hydrogens is 260 g/mol. The maximum atomic E-state index is 11.0. The monoisotopic (exact) mass is 276 g/mol. The first kappa shape index (κ1) is 13.9. The molecular formula is C12H16N6O2. The second-order valence-electron chi connectivity index (χ2n) is 4.25. The van der Waals surface area contributed by atoms with Gasteiger partial charge in [0.2, 0.25) is 5.95 Å². The predicted molar refractivity (Wildman–Crippen MR) is 73.6 cm³/mol. The maximum Gasteiger partial charge on any atom is 0.309 e. The first-order valence-electron chi connectivity index (χ1n) is 6.33. The van der Waals surface area contributed by atoms with E-state index in [9.17, 15) is 10.1 Å². The molecule has 0 saturated heterocycles. The fraction of sp³-hybridized carbons (Fsp3) is 0.417. The number of nitrogens with one attached hydrogen (secondary N) is 1. The lowest BCUT2D eigenvalue weighted by molar-refractivity contribution is -0.386. The summed E-state index contributed by atoms with van der Waals surface area (Å²) in [6, 6.07) is 0. The first-order chi connectivity index (χ1) is 9.65. The van der Waals surface area contributed by atoms with Gasteiger partial charge in [0.1, 0.15) is 17.7 Å². The van der Waals surface area contributed by atoms with E-state index in [1.807, 2.05) is 10.8 Å². The van der Waals surface area contributed by atoms with Crippen LogP contribution >= 0.6 is 0 Å². The van der Waals surface area contributed by atoms with Crippen LogP contribution in [0.1, 0.15) is 24.9 Å². The molecule has 2 rings (SSSR count). The molecule has 2 aromatic rings. The van der Waals surface area contributed by atoms with Crippen LogP contribution in [0, 0.1) is 10.1 Å². The number of rotatable bonds is 6. The van der Waals surface area contributed by atoms with Crippen LogP contribution in [0.5, 0.6) is 0 Å². The molecule has 0 aliphatic rings. The minimum atomic E-state index is -0.470. The van der Waals surface area contributed by atoms with Gasteiger partial charge in [-0.2, -0.15) is 0 Å². The van der Waals surface area contributed by atoms with Crippen molar-refractivity contribution in [1.82, 2.24) is 19.5 Å². The number of nitrogens with zero attached hydrogens (tertiary/aromatic N) is 5. The van der Waals surface area contributed by atoms with Gasteiger partial charge in [-0.1, -0.05) is 6.92 Å². The minimum Gasteiger partial charge on any atom is -0.357 e. The highest BCUT2D eigenvalue weighted by Crippen LogP contribution is 2.19. The second kappa shape index (κ2) is 6.09. The molecule has 2 heterocycles. The average molecular weight is 276 g/mol. The molecule has 0 fully saturated rings. The molecule has 0 aliphatic heterocycles. The Balaban J connectivity index is 2.35. The van der Waals surface area contributed by atoms with E-state index in [-0.39, 0.29) is 5.69 Å². The standard InChI is InChI=1S/C12H16N6O2/c1-3-5-17-6-4-14-11(17)7-9-10(18(19)20)8-15-12(13-2)16-9/h4,6,8H,3,5,7H2,1-2H3,(H,13,15,16). The Labute approximate surface area is 116 Å². The molecule has 0 unspecified atom stereocenters. The third kappa shape index (κ3) is 2.90. The molecule has 2 aromatic heterocycles. The Morgan fingerprint density at radius 3 is 2.90 bits per heavy atom. The van der Waals surface area contributed by atoms with E-state index in [0.717, 1.165) is 18.8 Å². The molecule has 0 spiro atoms. The van der Waals surface area contributed by atoms with Gasteiger partial charge in [0, 0.05) is 26.0 Å². The summed E-state index contributed by atoms with van der Waals surface area (Å²) >= 11 is 0. The number of hydrogen-bond acceptors (Lipinski definition) is 6. The molecule has 106 valence electrons. The van der Waals surface area contributed by atoms with Crippen LogP contribution in [0.25, 0.3) is 0 Å². The molecule has 0 saturated carbocycles. The maximum absolute atomic E-state index is 11.0. The lowest BCUT2D eigenvalue weighted by Gasteiger charge is -2.07. The Hall–Kier alpha value is -2.51. The fourth-order valence-corrected chi connectivity index (χ4v) is 1.92. The van der Waals surface area contributed by atoms with Crippen molar-refractivity contribution in [3.8, 4) is 0 Å². The second-order valence-corrected chi connectivity index (χ2v) is 4.25. The lowest BCUT2D eigenvalue weighted by atomic mass is 10.2. The van der Waals surface area contributed by atoms with Crippen molar-refractivity contribution in [3.63, 3.8) is 0 Å². The van der Waals surface area contributed by atoms with E-state index in [1.165, 1.54) is 6.20 Å². The lowest BCUT2D eigenvalue weighted by Crippen LogP contribution is -2.08. The Morgan fingerprint density at radius 2 is 2.25 bits per heavy atom. The number of imidazole rings is 1. The molecule has 1 N–H and O–H groups in total. The Morgan fingerprint density at radius 1 is 1.45 bits per heavy atom. The fourth-order valence-electron chi connectivity index (χ4n) is 1.92. The number of anilines is 1. The zero-order valence-electron chi connectivity index (χ0n) is 11.4. The molecule has 0 atom stereocenters. The van der Waals surface area contributed by atoms with E-state index < -0.39 is 4.92 Å². The molecule has 0 aromatic carbocycles. The summed E-state index contributed by atoms with van der Waals surface area (Å²) in [5.41, 5.74) is 0.271. The average Bonchev–Trinajstić information content (AvgIpc) is 2.86. The van der Waals surface area contributed by atoms with Crippen LogP contribution in [-0.2, 0) is 13.0 Å². The predicted octanol–water partition coefficient (Wildman–Crippen LogP) is 1.62. The van der Waals surface area contributed by atoms with Crippen molar-refractivity contribution < 1.29 is 4.92 Å². The summed E-state index contributed by atoms with van der Waals surface area (Å²) < 4.78 is 1.98. The van der Waals surface area contributed by atoms with Gasteiger partial charge < -0.3 is 9.88 Å². The van der Waals surface area contributed by atoms with Gasteiger partial charge in [0.25, 0.3) is 0 Å². The van der Waals surface area contributed by atoms with Crippen LogP contribution < -0.4 is 5.32 Å². The summed E-state index contributed by atoms with van der Waals surface area (Å²) in [7, 11) is 1.67. The van der Waals surface area contributed by atoms with Crippen LogP contribution in [0.3, 0.4) is 0 Å². The largest absolute Gasteiger partial charge is 0.357 e. The van der Waals surface area contributed by atoms with Crippen LogP contribution in [0.4, 0.5) is 11.6 Å². The van der Waals surface area contributed by atoms with Crippen molar-refractivity contribution in [2.75, 3.05) is 12.4 Å². The first-order valence-corrected chi connectivity index (χ1v) is 6.33. The van der Waals surface area contributed by atoms with Gasteiger partial charge >= 0.3 is 5.69 Å². The molecule has 0 amide bonds. The van der Waals surface area contributed by atoms with Gasteiger partial charge in [-0.25, -0.2) is 15.0 Å². The van der Waals surface area contributed by atoms with E-state index in [4.69, 9.17) is 0 Å².